The van der Waals surface area contributed by atoms with E-state index in [4.69, 9.17) is 4.74 Å². The lowest BCUT2D eigenvalue weighted by molar-refractivity contribution is -0.147. The van der Waals surface area contributed by atoms with E-state index in [-0.39, 0.29) is 23.4 Å². The van der Waals surface area contributed by atoms with Crippen LogP contribution in [0.4, 0.5) is 0 Å². The highest BCUT2D eigenvalue weighted by atomic mass is 16.6. The molecule has 0 aromatic rings. The van der Waals surface area contributed by atoms with Gasteiger partial charge in [-0.3, -0.25) is 4.79 Å². The summed E-state index contributed by atoms with van der Waals surface area (Å²) in [6.07, 6.45) is -1.02. The molecule has 1 aliphatic heterocycles. The summed E-state index contributed by atoms with van der Waals surface area (Å²) in [4.78, 5) is 11.1. The third kappa shape index (κ3) is 1.46. The fourth-order valence-electron chi connectivity index (χ4n) is 1.39. The van der Waals surface area contributed by atoms with Gasteiger partial charge < -0.3 is 9.84 Å². The van der Waals surface area contributed by atoms with Gasteiger partial charge in [0, 0.05) is 5.41 Å². The van der Waals surface area contributed by atoms with Crippen molar-refractivity contribution in [3.05, 3.63) is 0 Å². The standard InChI is InChI=1S/C9H16O3/c1-5-6(10)7(9(2,3)4)12-8(5)11/h5-7,10H,1-4H3. The summed E-state index contributed by atoms with van der Waals surface area (Å²) in [5.74, 6) is -0.670. The number of esters is 1. The normalized spacial score (nSPS) is 36.8. The van der Waals surface area contributed by atoms with Crippen molar-refractivity contribution in [2.45, 2.75) is 39.9 Å². The Labute approximate surface area is 72.7 Å². The summed E-state index contributed by atoms with van der Waals surface area (Å²) in [5, 5.41) is 9.62. The smallest absolute Gasteiger partial charge is 0.311 e. The van der Waals surface area contributed by atoms with Gasteiger partial charge in [0.1, 0.15) is 12.2 Å². The molecule has 0 aliphatic carbocycles. The molecule has 1 rings (SSSR count). The molecule has 70 valence electrons. The van der Waals surface area contributed by atoms with Gasteiger partial charge in [-0.2, -0.15) is 0 Å². The Morgan fingerprint density at radius 2 is 1.92 bits per heavy atom. The van der Waals surface area contributed by atoms with Gasteiger partial charge >= 0.3 is 5.97 Å². The Morgan fingerprint density at radius 1 is 1.42 bits per heavy atom. The van der Waals surface area contributed by atoms with Crippen LogP contribution in [0, 0.1) is 11.3 Å². The van der Waals surface area contributed by atoms with Gasteiger partial charge in [0.2, 0.25) is 0 Å². The SMILES string of the molecule is CC1C(=O)OC(C(C)(C)C)C1O. The Kier molecular flexibility index (Phi) is 2.17. The van der Waals surface area contributed by atoms with Gasteiger partial charge in [-0.1, -0.05) is 20.8 Å². The molecule has 1 N–H and O–H groups in total. The van der Waals surface area contributed by atoms with Gasteiger partial charge in [0.25, 0.3) is 0 Å². The monoisotopic (exact) mass is 172 g/mol. The first-order valence-corrected chi connectivity index (χ1v) is 4.22. The topological polar surface area (TPSA) is 46.5 Å². The van der Waals surface area contributed by atoms with Crippen molar-refractivity contribution in [2.75, 3.05) is 0 Å². The lowest BCUT2D eigenvalue weighted by atomic mass is 9.84. The van der Waals surface area contributed by atoms with Crippen LogP contribution in [-0.4, -0.2) is 23.3 Å². The number of carbonyl (C=O) groups excluding carboxylic acids is 1. The average molecular weight is 172 g/mol. The Balaban J connectivity index is 2.78. The van der Waals surface area contributed by atoms with Gasteiger partial charge in [-0.05, 0) is 6.92 Å². The predicted molar refractivity (Wildman–Crippen MR) is 44.5 cm³/mol. The second kappa shape index (κ2) is 2.73. The fraction of sp³-hybridized carbons (Fsp3) is 0.889. The molecular weight excluding hydrogens is 156 g/mol. The second-order valence-corrected chi connectivity index (χ2v) is 4.50. The van der Waals surface area contributed by atoms with E-state index in [0.29, 0.717) is 0 Å². The van der Waals surface area contributed by atoms with Gasteiger partial charge in [0.15, 0.2) is 0 Å². The molecule has 3 unspecified atom stereocenters. The Bertz CT molecular complexity index is 192. The number of cyclic esters (lactones) is 1. The number of aliphatic hydroxyl groups excluding tert-OH is 1. The summed E-state index contributed by atoms with van der Waals surface area (Å²) in [6.45, 7) is 7.54. The number of hydrogen-bond acceptors (Lipinski definition) is 3. The molecule has 3 heteroatoms. The quantitative estimate of drug-likeness (QED) is 0.553. The maximum atomic E-state index is 11.1. The summed E-state index contributed by atoms with van der Waals surface area (Å²) < 4.78 is 5.06. The molecule has 0 saturated carbocycles. The lowest BCUT2D eigenvalue weighted by Gasteiger charge is -2.27. The number of carbonyl (C=O) groups is 1. The first-order valence-electron chi connectivity index (χ1n) is 4.22. The molecule has 0 aromatic carbocycles. The largest absolute Gasteiger partial charge is 0.459 e. The minimum Gasteiger partial charge on any atom is -0.459 e. The van der Waals surface area contributed by atoms with Crippen LogP contribution in [0.5, 0.6) is 0 Å². The van der Waals surface area contributed by atoms with Crippen LogP contribution in [0.25, 0.3) is 0 Å². The van der Waals surface area contributed by atoms with Crippen molar-refractivity contribution in [3.8, 4) is 0 Å². The second-order valence-electron chi connectivity index (χ2n) is 4.50. The molecule has 1 aliphatic rings. The highest BCUT2D eigenvalue weighted by Crippen LogP contribution is 2.33. The Hall–Kier alpha value is -0.570. The predicted octanol–water partition coefficient (Wildman–Crippen LogP) is 0.955. The molecule has 3 atom stereocenters. The van der Waals surface area contributed by atoms with Gasteiger partial charge in [-0.25, -0.2) is 0 Å². The van der Waals surface area contributed by atoms with Crippen molar-refractivity contribution < 1.29 is 14.6 Å². The van der Waals surface area contributed by atoms with Crippen molar-refractivity contribution >= 4 is 5.97 Å². The van der Waals surface area contributed by atoms with Crippen molar-refractivity contribution in [3.63, 3.8) is 0 Å². The zero-order valence-electron chi connectivity index (χ0n) is 8.00. The maximum absolute atomic E-state index is 11.1. The molecule has 1 fully saturated rings. The summed E-state index contributed by atoms with van der Waals surface area (Å²) in [7, 11) is 0. The lowest BCUT2D eigenvalue weighted by Crippen LogP contribution is -2.36. The van der Waals surface area contributed by atoms with E-state index in [1.807, 2.05) is 20.8 Å². The van der Waals surface area contributed by atoms with Crippen molar-refractivity contribution in [1.29, 1.82) is 0 Å². The van der Waals surface area contributed by atoms with E-state index in [0.717, 1.165) is 0 Å². The zero-order chi connectivity index (χ0) is 9.52. The number of ether oxygens (including phenoxy) is 1. The minimum atomic E-state index is -0.655. The van der Waals surface area contributed by atoms with Crippen LogP contribution in [0.15, 0.2) is 0 Å². The molecule has 1 heterocycles. The number of aliphatic hydroxyl groups is 1. The molecule has 0 bridgehead atoms. The maximum Gasteiger partial charge on any atom is 0.311 e. The van der Waals surface area contributed by atoms with Crippen LogP contribution in [0.2, 0.25) is 0 Å². The first kappa shape index (κ1) is 9.52. The van der Waals surface area contributed by atoms with E-state index in [2.05, 4.69) is 0 Å². The van der Waals surface area contributed by atoms with E-state index < -0.39 is 6.10 Å². The number of rotatable bonds is 0. The van der Waals surface area contributed by atoms with Crippen LogP contribution >= 0.6 is 0 Å². The third-order valence-electron chi connectivity index (χ3n) is 2.29. The molecular formula is C9H16O3. The van der Waals surface area contributed by atoms with Crippen molar-refractivity contribution in [2.24, 2.45) is 11.3 Å². The van der Waals surface area contributed by atoms with Crippen LogP contribution in [0.3, 0.4) is 0 Å². The zero-order valence-corrected chi connectivity index (χ0v) is 8.00. The summed E-state index contributed by atoms with van der Waals surface area (Å²) in [6, 6.07) is 0. The summed E-state index contributed by atoms with van der Waals surface area (Å²) >= 11 is 0. The van der Waals surface area contributed by atoms with E-state index in [9.17, 15) is 9.90 Å². The highest BCUT2D eigenvalue weighted by Gasteiger charge is 2.46. The molecule has 1 saturated heterocycles. The first-order chi connectivity index (χ1) is 5.34. The van der Waals surface area contributed by atoms with E-state index in [1.54, 1.807) is 6.92 Å². The molecule has 0 spiro atoms. The van der Waals surface area contributed by atoms with E-state index >= 15 is 0 Å². The summed E-state index contributed by atoms with van der Waals surface area (Å²) in [5.41, 5.74) is -0.181. The van der Waals surface area contributed by atoms with Crippen molar-refractivity contribution in [1.82, 2.24) is 0 Å². The molecule has 0 amide bonds. The highest BCUT2D eigenvalue weighted by molar-refractivity contribution is 5.75. The van der Waals surface area contributed by atoms with Crippen LogP contribution < -0.4 is 0 Å². The average Bonchev–Trinajstić information content (AvgIpc) is 2.15. The number of hydrogen-bond donors (Lipinski definition) is 1. The fourth-order valence-corrected chi connectivity index (χ4v) is 1.39. The molecule has 0 radical (unpaired) electrons. The van der Waals surface area contributed by atoms with Gasteiger partial charge in [-0.15, -0.1) is 0 Å². The van der Waals surface area contributed by atoms with Crippen LogP contribution in [-0.2, 0) is 9.53 Å². The van der Waals surface area contributed by atoms with Crippen LogP contribution in [0.1, 0.15) is 27.7 Å². The van der Waals surface area contributed by atoms with E-state index in [1.165, 1.54) is 0 Å². The minimum absolute atomic E-state index is 0.181. The van der Waals surface area contributed by atoms with Gasteiger partial charge in [0.05, 0.1) is 5.92 Å². The molecule has 3 nitrogen and oxygen atoms in total. The third-order valence-corrected chi connectivity index (χ3v) is 2.29. The Morgan fingerprint density at radius 3 is 2.08 bits per heavy atom. The molecule has 12 heavy (non-hydrogen) atoms. The molecule has 0 aromatic heterocycles.